The summed E-state index contributed by atoms with van der Waals surface area (Å²) in [5.41, 5.74) is 0. The predicted molar refractivity (Wildman–Crippen MR) is 116 cm³/mol. The van der Waals surface area contributed by atoms with Crippen molar-refractivity contribution in [3.05, 3.63) is 36.7 Å². The van der Waals surface area contributed by atoms with Gasteiger partial charge in [-0.15, -0.1) is 0 Å². The molecule has 166 valence electrons. The third kappa shape index (κ3) is 3.79. The van der Waals surface area contributed by atoms with Gasteiger partial charge in [-0.2, -0.15) is 4.31 Å². The fourth-order valence-corrected chi connectivity index (χ4v) is 7.20. The zero-order valence-electron chi connectivity index (χ0n) is 17.4. The summed E-state index contributed by atoms with van der Waals surface area (Å²) in [6, 6.07) is 6.77. The van der Waals surface area contributed by atoms with Crippen LogP contribution in [0.3, 0.4) is 0 Å². The first-order chi connectivity index (χ1) is 14.9. The van der Waals surface area contributed by atoms with E-state index in [1.165, 1.54) is 4.31 Å². The number of rotatable bonds is 3. The molecule has 9 heteroatoms. The van der Waals surface area contributed by atoms with Gasteiger partial charge in [-0.25, -0.2) is 13.2 Å². The number of carbonyl (C=O) groups excluding carboxylic acids is 1. The molecule has 0 unspecified atom stereocenters. The molecule has 1 aromatic carbocycles. The van der Waals surface area contributed by atoms with Crippen molar-refractivity contribution in [3.8, 4) is 0 Å². The van der Waals surface area contributed by atoms with Gasteiger partial charge < -0.3 is 15.3 Å². The number of carbonyl (C=O) groups is 1. The second kappa shape index (κ2) is 8.03. The van der Waals surface area contributed by atoms with E-state index in [2.05, 4.69) is 10.3 Å². The number of sulfonamides is 1. The molecule has 2 amide bonds. The van der Waals surface area contributed by atoms with E-state index in [1.54, 1.807) is 30.6 Å². The number of hydrogen-bond donors (Lipinski definition) is 2. The third-order valence-corrected chi connectivity index (χ3v) is 8.84. The summed E-state index contributed by atoms with van der Waals surface area (Å²) in [6.45, 7) is 0.707. The second-order valence-electron chi connectivity index (χ2n) is 8.92. The van der Waals surface area contributed by atoms with Crippen molar-refractivity contribution < 1.29 is 18.3 Å². The van der Waals surface area contributed by atoms with E-state index in [-0.39, 0.29) is 41.7 Å². The molecule has 3 aliphatic rings. The molecule has 3 aliphatic heterocycles. The number of urea groups is 1. The largest absolute Gasteiger partial charge is 0.393 e. The van der Waals surface area contributed by atoms with Crippen molar-refractivity contribution in [3.63, 3.8) is 0 Å². The van der Waals surface area contributed by atoms with Crippen LogP contribution in [0.15, 0.2) is 41.6 Å². The highest BCUT2D eigenvalue weighted by atomic mass is 32.2. The Bertz CT molecular complexity index is 1070. The highest BCUT2D eigenvalue weighted by Crippen LogP contribution is 2.36. The van der Waals surface area contributed by atoms with Crippen molar-refractivity contribution in [2.75, 3.05) is 13.1 Å². The lowest BCUT2D eigenvalue weighted by atomic mass is 10.0. The normalized spacial score (nSPS) is 29.3. The lowest BCUT2D eigenvalue weighted by molar-refractivity contribution is 0.0528. The zero-order chi connectivity index (χ0) is 21.6. The lowest BCUT2D eigenvalue weighted by Gasteiger charge is -2.39. The van der Waals surface area contributed by atoms with Gasteiger partial charge in [0.25, 0.3) is 0 Å². The third-order valence-electron chi connectivity index (χ3n) is 6.91. The number of hydrogen-bond acceptors (Lipinski definition) is 5. The molecular weight excluding hydrogens is 416 g/mol. The molecule has 2 aromatic rings. The molecule has 5 rings (SSSR count). The standard InChI is InChI=1S/C22H28N4O4S/c27-19-11-17-6-7-18(12-19)26(17)22(28)24-16-4-2-10-25(14-16)31(29,30)21-5-1-3-15-13-23-9-8-20(15)21/h1,3,5,8-9,13,16-19,27H,2,4,6-7,10-12,14H2,(H,24,28)/t16-,17-,18+,19+/m0/s1. The van der Waals surface area contributed by atoms with E-state index < -0.39 is 10.0 Å². The average Bonchev–Trinajstić information content (AvgIpc) is 3.05. The molecule has 0 radical (unpaired) electrons. The van der Waals surface area contributed by atoms with Gasteiger partial charge in [0.15, 0.2) is 0 Å². The number of amides is 2. The number of nitrogens with zero attached hydrogens (tertiary/aromatic N) is 3. The minimum Gasteiger partial charge on any atom is -0.393 e. The molecule has 2 N–H and O–H groups in total. The molecule has 3 fully saturated rings. The molecule has 4 heterocycles. The smallest absolute Gasteiger partial charge is 0.318 e. The van der Waals surface area contributed by atoms with Crippen LogP contribution in [0.2, 0.25) is 0 Å². The van der Waals surface area contributed by atoms with Crippen LogP contribution in [0.4, 0.5) is 4.79 Å². The van der Waals surface area contributed by atoms with Crippen LogP contribution in [0, 0.1) is 0 Å². The highest BCUT2D eigenvalue weighted by Gasteiger charge is 2.43. The predicted octanol–water partition coefficient (Wildman–Crippen LogP) is 2.09. The maximum atomic E-state index is 13.4. The number of fused-ring (bicyclic) bond motifs is 3. The molecule has 31 heavy (non-hydrogen) atoms. The fraction of sp³-hybridized carbons (Fsp3) is 0.545. The first-order valence-corrected chi connectivity index (χ1v) is 12.5. The average molecular weight is 445 g/mol. The Balaban J connectivity index is 1.32. The summed E-state index contributed by atoms with van der Waals surface area (Å²) in [5, 5.41) is 14.5. The van der Waals surface area contributed by atoms with E-state index >= 15 is 0 Å². The number of aliphatic hydroxyl groups excluding tert-OH is 1. The number of benzene rings is 1. The van der Waals surface area contributed by atoms with E-state index in [1.807, 2.05) is 11.0 Å². The summed E-state index contributed by atoms with van der Waals surface area (Å²) in [7, 11) is -3.69. The number of aliphatic hydroxyl groups is 1. The fourth-order valence-electron chi connectivity index (χ4n) is 5.46. The number of pyridine rings is 1. The van der Waals surface area contributed by atoms with E-state index in [0.717, 1.165) is 24.6 Å². The van der Waals surface area contributed by atoms with Crippen LogP contribution in [-0.4, -0.2) is 71.1 Å². The van der Waals surface area contributed by atoms with Crippen LogP contribution >= 0.6 is 0 Å². The van der Waals surface area contributed by atoms with Crippen molar-refractivity contribution >= 4 is 26.8 Å². The van der Waals surface area contributed by atoms with Gasteiger partial charge in [0.05, 0.1) is 11.0 Å². The molecule has 0 aliphatic carbocycles. The quantitative estimate of drug-likeness (QED) is 0.755. The first kappa shape index (κ1) is 20.7. The maximum Gasteiger partial charge on any atom is 0.318 e. The van der Waals surface area contributed by atoms with Crippen molar-refractivity contribution in [1.82, 2.24) is 19.5 Å². The van der Waals surface area contributed by atoms with Gasteiger partial charge >= 0.3 is 6.03 Å². The Morgan fingerprint density at radius 3 is 2.68 bits per heavy atom. The van der Waals surface area contributed by atoms with Crippen LogP contribution in [-0.2, 0) is 10.0 Å². The molecule has 0 spiro atoms. The van der Waals surface area contributed by atoms with E-state index in [9.17, 15) is 18.3 Å². The topological polar surface area (TPSA) is 103 Å². The SMILES string of the molecule is O=C(N[C@H]1CCCN(S(=O)(=O)c2cccc3cnccc23)C1)N1[C@@H]2CC[C@H]1C[C@@H](O)C2. The van der Waals surface area contributed by atoms with Crippen molar-refractivity contribution in [2.24, 2.45) is 0 Å². The summed E-state index contributed by atoms with van der Waals surface area (Å²) in [6.07, 6.45) is 7.50. The number of piperidine rings is 2. The minimum atomic E-state index is -3.69. The molecule has 0 saturated carbocycles. The van der Waals surface area contributed by atoms with Gasteiger partial charge in [-0.1, -0.05) is 12.1 Å². The van der Waals surface area contributed by atoms with Gasteiger partial charge in [0.2, 0.25) is 10.0 Å². The van der Waals surface area contributed by atoms with Gasteiger partial charge in [-0.05, 0) is 50.7 Å². The minimum absolute atomic E-state index is 0.0847. The summed E-state index contributed by atoms with van der Waals surface area (Å²) in [5.74, 6) is 0. The molecule has 8 nitrogen and oxygen atoms in total. The molecule has 2 bridgehead atoms. The highest BCUT2D eigenvalue weighted by molar-refractivity contribution is 7.89. The second-order valence-corrected chi connectivity index (χ2v) is 10.8. The van der Waals surface area contributed by atoms with Crippen LogP contribution in [0.25, 0.3) is 10.8 Å². The monoisotopic (exact) mass is 444 g/mol. The number of aromatic nitrogens is 1. The molecular formula is C22H28N4O4S. The van der Waals surface area contributed by atoms with Gasteiger partial charge in [-0.3, -0.25) is 4.98 Å². The Labute approximate surface area is 182 Å². The molecule has 3 saturated heterocycles. The Morgan fingerprint density at radius 2 is 1.90 bits per heavy atom. The molecule has 1 aromatic heterocycles. The lowest BCUT2D eigenvalue weighted by Crippen LogP contribution is -2.57. The summed E-state index contributed by atoms with van der Waals surface area (Å²) >= 11 is 0. The van der Waals surface area contributed by atoms with E-state index in [4.69, 9.17) is 0 Å². The van der Waals surface area contributed by atoms with Gasteiger partial charge in [0, 0.05) is 54.4 Å². The summed E-state index contributed by atoms with van der Waals surface area (Å²) in [4.78, 5) is 19.2. The van der Waals surface area contributed by atoms with E-state index in [0.29, 0.717) is 31.2 Å². The Kier molecular flexibility index (Phi) is 5.35. The number of nitrogens with one attached hydrogen (secondary N) is 1. The maximum absolute atomic E-state index is 13.4. The van der Waals surface area contributed by atoms with Crippen molar-refractivity contribution in [1.29, 1.82) is 0 Å². The molecule has 4 atom stereocenters. The Hall–Kier alpha value is -2.23. The first-order valence-electron chi connectivity index (χ1n) is 11.0. The van der Waals surface area contributed by atoms with Gasteiger partial charge in [0.1, 0.15) is 0 Å². The summed E-state index contributed by atoms with van der Waals surface area (Å²) < 4.78 is 28.4. The van der Waals surface area contributed by atoms with Crippen LogP contribution in [0.1, 0.15) is 38.5 Å². The zero-order valence-corrected chi connectivity index (χ0v) is 18.2. The van der Waals surface area contributed by atoms with Crippen LogP contribution in [0.5, 0.6) is 0 Å². The van der Waals surface area contributed by atoms with Crippen molar-refractivity contribution in [2.45, 2.75) is 67.6 Å². The van der Waals surface area contributed by atoms with Crippen LogP contribution < -0.4 is 5.32 Å². The Morgan fingerprint density at radius 1 is 1.13 bits per heavy atom.